The monoisotopic (exact) mass is 333 g/mol. The average molecular weight is 333 g/mol. The zero-order valence-electron chi connectivity index (χ0n) is 13.3. The Kier molecular flexibility index (Phi) is 7.56. The van der Waals surface area contributed by atoms with Gasteiger partial charge in [0.15, 0.2) is 12.4 Å². The molecule has 2 amide bonds. The number of hydroxylamine groups is 2. The topological polar surface area (TPSA) is 116 Å². The summed E-state index contributed by atoms with van der Waals surface area (Å²) >= 11 is 0. The molecule has 4 unspecified atom stereocenters. The van der Waals surface area contributed by atoms with Gasteiger partial charge in [0.25, 0.3) is 0 Å². The van der Waals surface area contributed by atoms with Gasteiger partial charge < -0.3 is 20.8 Å². The number of aliphatic hydroxyl groups is 1. The Morgan fingerprint density at radius 2 is 2.13 bits per heavy atom. The zero-order valence-corrected chi connectivity index (χ0v) is 13.3. The number of allylic oxidation sites excluding steroid dienone is 1. The number of nitrogens with zero attached hydrogens (tertiary/aromatic N) is 2. The number of halogens is 1. The lowest BCUT2D eigenvalue weighted by Gasteiger charge is -2.27. The van der Waals surface area contributed by atoms with Crippen molar-refractivity contribution in [2.24, 2.45) is 5.73 Å². The molecule has 1 saturated heterocycles. The largest absolute Gasteiger partial charge is 0.394 e. The number of carbonyl (C=O) groups excluding carboxylic acids is 2. The molecule has 0 spiro atoms. The fourth-order valence-electron chi connectivity index (χ4n) is 2.42. The molecule has 1 aliphatic heterocycles. The molecule has 0 bridgehead atoms. The van der Waals surface area contributed by atoms with Crippen LogP contribution in [0.4, 0.5) is 9.18 Å². The van der Waals surface area contributed by atoms with Gasteiger partial charge in [0.1, 0.15) is 12.4 Å². The van der Waals surface area contributed by atoms with Crippen molar-refractivity contribution in [2.45, 2.75) is 51.2 Å². The van der Waals surface area contributed by atoms with Crippen LogP contribution in [0, 0.1) is 0 Å². The minimum Gasteiger partial charge on any atom is -0.394 e. The van der Waals surface area contributed by atoms with Crippen LogP contribution in [0.15, 0.2) is 11.8 Å². The smallest absolute Gasteiger partial charge is 0.321 e. The number of nitrogens with two attached hydrogens (primary N) is 1. The number of aldehydes is 1. The van der Waals surface area contributed by atoms with Gasteiger partial charge in [-0.05, 0) is 13.3 Å². The number of ether oxygens (including phenoxy) is 1. The first-order valence-corrected chi connectivity index (χ1v) is 7.44. The Hall–Kier alpha value is -1.55. The number of urea groups is 1. The fourth-order valence-corrected chi connectivity index (χ4v) is 2.42. The second-order valence-corrected chi connectivity index (χ2v) is 5.44. The summed E-state index contributed by atoms with van der Waals surface area (Å²) in [4.78, 5) is 23.0. The maximum absolute atomic E-state index is 14.7. The van der Waals surface area contributed by atoms with E-state index >= 15 is 0 Å². The summed E-state index contributed by atoms with van der Waals surface area (Å²) in [7, 11) is 0. The van der Waals surface area contributed by atoms with E-state index in [9.17, 15) is 24.3 Å². The average Bonchev–Trinajstić information content (AvgIpc) is 2.86. The summed E-state index contributed by atoms with van der Waals surface area (Å²) in [5, 5.41) is 20.2. The molecule has 0 saturated carbocycles. The third kappa shape index (κ3) is 4.71. The molecule has 1 heterocycles. The van der Waals surface area contributed by atoms with Crippen molar-refractivity contribution in [3.63, 3.8) is 0 Å². The van der Waals surface area contributed by atoms with Gasteiger partial charge in [-0.2, -0.15) is 5.06 Å². The third-order valence-corrected chi connectivity index (χ3v) is 3.62. The van der Waals surface area contributed by atoms with Crippen LogP contribution in [0.5, 0.6) is 0 Å². The Balaban J connectivity index is 3.00. The van der Waals surface area contributed by atoms with Crippen LogP contribution in [0.25, 0.3) is 0 Å². The van der Waals surface area contributed by atoms with Gasteiger partial charge in [0.05, 0.1) is 12.6 Å². The van der Waals surface area contributed by atoms with Crippen LogP contribution in [0.3, 0.4) is 0 Å². The highest BCUT2D eigenvalue weighted by Gasteiger charge is 2.50. The third-order valence-electron chi connectivity index (χ3n) is 3.62. The zero-order chi connectivity index (χ0) is 17.6. The first-order chi connectivity index (χ1) is 10.9. The molecular formula is C14H24FN3O5. The second kappa shape index (κ2) is 8.92. The van der Waals surface area contributed by atoms with Gasteiger partial charge >= 0.3 is 6.03 Å². The van der Waals surface area contributed by atoms with Crippen LogP contribution in [0.2, 0.25) is 0 Å². The first kappa shape index (κ1) is 19.5. The summed E-state index contributed by atoms with van der Waals surface area (Å²) in [6.07, 6.45) is -1.27. The van der Waals surface area contributed by atoms with E-state index in [4.69, 9.17) is 10.5 Å². The molecule has 9 heteroatoms. The van der Waals surface area contributed by atoms with Crippen LogP contribution in [-0.4, -0.2) is 70.3 Å². The van der Waals surface area contributed by atoms with Gasteiger partial charge in [0, 0.05) is 18.3 Å². The first-order valence-electron chi connectivity index (χ1n) is 7.44. The molecule has 0 aliphatic carbocycles. The number of hydrogen-bond donors (Lipinski definition) is 3. The van der Waals surface area contributed by atoms with E-state index in [2.05, 4.69) is 0 Å². The minimum atomic E-state index is -1.81. The van der Waals surface area contributed by atoms with Crippen molar-refractivity contribution < 1.29 is 29.0 Å². The molecule has 4 atom stereocenters. The molecule has 132 valence electrons. The number of alkyl halides is 1. The predicted molar refractivity (Wildman–Crippen MR) is 79.1 cm³/mol. The summed E-state index contributed by atoms with van der Waals surface area (Å²) in [5.41, 5.74) is 5.36. The number of primary amides is 1. The van der Waals surface area contributed by atoms with Gasteiger partial charge in [0.2, 0.25) is 0 Å². The Bertz CT molecular complexity index is 448. The predicted octanol–water partition coefficient (Wildman–Crippen LogP) is 0.385. The Labute approximate surface area is 134 Å². The molecule has 1 aliphatic rings. The molecule has 8 nitrogen and oxygen atoms in total. The summed E-state index contributed by atoms with van der Waals surface area (Å²) in [6, 6.07) is -2.14. The number of aliphatic hydroxyl groups excluding tert-OH is 1. The van der Waals surface area contributed by atoms with E-state index in [0.29, 0.717) is 12.7 Å². The molecule has 1 fully saturated rings. The van der Waals surface area contributed by atoms with Crippen LogP contribution >= 0.6 is 0 Å². The minimum absolute atomic E-state index is 0.149. The summed E-state index contributed by atoms with van der Waals surface area (Å²) in [6.45, 7) is 3.01. The van der Waals surface area contributed by atoms with Gasteiger partial charge in [-0.25, -0.2) is 9.18 Å². The lowest BCUT2D eigenvalue weighted by atomic mass is 10.1. The normalized spacial score (nSPS) is 28.2. The lowest BCUT2D eigenvalue weighted by Crippen LogP contribution is -2.49. The highest BCUT2D eigenvalue weighted by Crippen LogP contribution is 2.30. The quantitative estimate of drug-likeness (QED) is 0.336. The van der Waals surface area contributed by atoms with Crippen molar-refractivity contribution in [1.82, 2.24) is 9.96 Å². The van der Waals surface area contributed by atoms with Crippen LogP contribution in [-0.2, 0) is 9.53 Å². The van der Waals surface area contributed by atoms with Crippen molar-refractivity contribution in [3.05, 3.63) is 11.8 Å². The highest BCUT2D eigenvalue weighted by molar-refractivity contribution is 5.77. The van der Waals surface area contributed by atoms with E-state index in [1.807, 2.05) is 6.92 Å². The van der Waals surface area contributed by atoms with Crippen molar-refractivity contribution in [2.75, 3.05) is 13.2 Å². The van der Waals surface area contributed by atoms with E-state index in [1.54, 1.807) is 0 Å². The van der Waals surface area contributed by atoms with E-state index < -0.39 is 37.2 Å². The van der Waals surface area contributed by atoms with E-state index in [1.165, 1.54) is 6.92 Å². The highest BCUT2D eigenvalue weighted by atomic mass is 19.1. The Morgan fingerprint density at radius 3 is 2.61 bits per heavy atom. The van der Waals surface area contributed by atoms with Gasteiger partial charge in [-0.1, -0.05) is 13.3 Å². The van der Waals surface area contributed by atoms with Crippen molar-refractivity contribution >= 4 is 12.3 Å². The number of rotatable bonds is 8. The molecule has 1 rings (SSSR count). The molecule has 0 aromatic carbocycles. The van der Waals surface area contributed by atoms with Gasteiger partial charge in [-0.3, -0.25) is 9.69 Å². The summed E-state index contributed by atoms with van der Waals surface area (Å²) in [5.74, 6) is 0. The number of unbranched alkanes of at least 4 members (excludes halogenated alkanes) is 1. The molecule has 0 aromatic rings. The molecule has 0 radical (unpaired) electrons. The van der Waals surface area contributed by atoms with Crippen molar-refractivity contribution in [1.29, 1.82) is 0 Å². The number of amides is 2. The molecule has 0 aromatic heterocycles. The standard InChI is InChI=1S/C14H24FN3O5/c1-3-4-5-18(22)12-10(8-20)23-13(11(12)15)17(14(16)21)6-9(2)7-19/h6-7,10-13,20,22H,3-5,8H2,1-2H3,(H2,16,21)/b9-6-. The lowest BCUT2D eigenvalue weighted by molar-refractivity contribution is -0.155. The van der Waals surface area contributed by atoms with Crippen LogP contribution < -0.4 is 5.73 Å². The maximum atomic E-state index is 14.7. The van der Waals surface area contributed by atoms with Gasteiger partial charge in [-0.15, -0.1) is 0 Å². The van der Waals surface area contributed by atoms with Crippen molar-refractivity contribution in [3.8, 4) is 0 Å². The molecule has 4 N–H and O–H groups in total. The number of hydrogen-bond acceptors (Lipinski definition) is 6. The second-order valence-electron chi connectivity index (χ2n) is 5.44. The molecule has 23 heavy (non-hydrogen) atoms. The van der Waals surface area contributed by atoms with Crippen LogP contribution in [0.1, 0.15) is 26.7 Å². The van der Waals surface area contributed by atoms with E-state index in [0.717, 1.165) is 22.6 Å². The Morgan fingerprint density at radius 1 is 1.48 bits per heavy atom. The maximum Gasteiger partial charge on any atom is 0.321 e. The molecular weight excluding hydrogens is 309 g/mol. The number of carbonyl (C=O) groups is 2. The SMILES string of the molecule is CCCCN(O)C1C(CO)OC(N(/C=C(/C)C=O)C(N)=O)C1F. The fraction of sp³-hybridized carbons (Fsp3) is 0.714. The summed E-state index contributed by atoms with van der Waals surface area (Å²) < 4.78 is 20.1. The van der Waals surface area contributed by atoms with E-state index in [-0.39, 0.29) is 12.1 Å².